The van der Waals surface area contributed by atoms with E-state index < -0.39 is 12.7 Å². The molecule has 2 nitrogen and oxygen atoms in total. The highest BCUT2D eigenvalue weighted by molar-refractivity contribution is 4.65. The quantitative estimate of drug-likeness (QED) is 0.701. The van der Waals surface area contributed by atoms with E-state index in [9.17, 15) is 13.2 Å². The number of alkyl halides is 3. The molecule has 0 spiro atoms. The number of halogens is 3. The van der Waals surface area contributed by atoms with Crippen LogP contribution in [0.4, 0.5) is 13.2 Å². The minimum absolute atomic E-state index is 0.0720. The zero-order valence-corrected chi connectivity index (χ0v) is 10.4. The monoisotopic (exact) mass is 240 g/mol. The van der Waals surface area contributed by atoms with Crippen LogP contribution in [0.2, 0.25) is 0 Å². The molecule has 16 heavy (non-hydrogen) atoms. The standard InChI is InChI=1S/C11H23F3N2/c1-4-16(5-2)8-6-7-10(3)15-9-11(12,13)14/h10,15H,4-9H2,1-3H3. The Morgan fingerprint density at radius 1 is 1.19 bits per heavy atom. The predicted molar refractivity (Wildman–Crippen MR) is 60.5 cm³/mol. The van der Waals surface area contributed by atoms with Gasteiger partial charge in [-0.3, -0.25) is 0 Å². The van der Waals surface area contributed by atoms with E-state index in [1.807, 2.05) is 0 Å². The van der Waals surface area contributed by atoms with Crippen LogP contribution >= 0.6 is 0 Å². The van der Waals surface area contributed by atoms with Gasteiger partial charge in [-0.1, -0.05) is 13.8 Å². The van der Waals surface area contributed by atoms with Gasteiger partial charge in [-0.25, -0.2) is 0 Å². The lowest BCUT2D eigenvalue weighted by molar-refractivity contribution is -0.126. The largest absolute Gasteiger partial charge is 0.401 e. The SMILES string of the molecule is CCN(CC)CCCC(C)NCC(F)(F)F. The minimum atomic E-state index is -4.10. The molecule has 0 bridgehead atoms. The Morgan fingerprint density at radius 3 is 2.19 bits per heavy atom. The summed E-state index contributed by atoms with van der Waals surface area (Å²) in [5.74, 6) is 0. The first-order valence-corrected chi connectivity index (χ1v) is 5.91. The summed E-state index contributed by atoms with van der Waals surface area (Å²) >= 11 is 0. The molecular weight excluding hydrogens is 217 g/mol. The maximum absolute atomic E-state index is 11.9. The molecule has 1 unspecified atom stereocenters. The summed E-state index contributed by atoms with van der Waals surface area (Å²) in [6, 6.07) is -0.0720. The molecule has 0 heterocycles. The van der Waals surface area contributed by atoms with Crippen LogP contribution in [0.3, 0.4) is 0 Å². The van der Waals surface area contributed by atoms with Crippen molar-refractivity contribution in [2.24, 2.45) is 0 Å². The normalized spacial score (nSPS) is 14.4. The fourth-order valence-electron chi connectivity index (χ4n) is 1.55. The number of nitrogens with zero attached hydrogens (tertiary/aromatic N) is 1. The molecule has 0 saturated carbocycles. The maximum atomic E-state index is 11.9. The molecule has 98 valence electrons. The third-order valence-corrected chi connectivity index (χ3v) is 2.66. The van der Waals surface area contributed by atoms with Gasteiger partial charge in [-0.05, 0) is 39.4 Å². The van der Waals surface area contributed by atoms with Crippen molar-refractivity contribution < 1.29 is 13.2 Å². The van der Waals surface area contributed by atoms with E-state index in [-0.39, 0.29) is 6.04 Å². The molecule has 0 rings (SSSR count). The Labute approximate surface area is 96.2 Å². The first-order chi connectivity index (χ1) is 7.39. The molecule has 5 heteroatoms. The maximum Gasteiger partial charge on any atom is 0.401 e. The van der Waals surface area contributed by atoms with Crippen LogP contribution in [-0.2, 0) is 0 Å². The first-order valence-electron chi connectivity index (χ1n) is 5.91. The van der Waals surface area contributed by atoms with Crippen LogP contribution in [-0.4, -0.2) is 43.3 Å². The van der Waals surface area contributed by atoms with Gasteiger partial charge in [-0.15, -0.1) is 0 Å². The van der Waals surface area contributed by atoms with E-state index in [0.29, 0.717) is 0 Å². The average molecular weight is 240 g/mol. The number of hydrogen-bond acceptors (Lipinski definition) is 2. The van der Waals surface area contributed by atoms with Crippen LogP contribution in [0.1, 0.15) is 33.6 Å². The second kappa shape index (κ2) is 7.90. The van der Waals surface area contributed by atoms with E-state index in [1.165, 1.54) is 0 Å². The van der Waals surface area contributed by atoms with Gasteiger partial charge >= 0.3 is 6.18 Å². The molecule has 1 atom stereocenters. The minimum Gasteiger partial charge on any atom is -0.306 e. The number of nitrogens with one attached hydrogen (secondary N) is 1. The van der Waals surface area contributed by atoms with Gasteiger partial charge < -0.3 is 10.2 Å². The van der Waals surface area contributed by atoms with Crippen molar-refractivity contribution in [2.75, 3.05) is 26.2 Å². The zero-order chi connectivity index (χ0) is 12.6. The van der Waals surface area contributed by atoms with Crippen molar-refractivity contribution in [3.63, 3.8) is 0 Å². The zero-order valence-electron chi connectivity index (χ0n) is 10.4. The summed E-state index contributed by atoms with van der Waals surface area (Å²) in [6.07, 6.45) is -2.38. The van der Waals surface area contributed by atoms with E-state index in [2.05, 4.69) is 24.1 Å². The number of hydrogen-bond donors (Lipinski definition) is 1. The van der Waals surface area contributed by atoms with Gasteiger partial charge in [0.1, 0.15) is 0 Å². The summed E-state index contributed by atoms with van der Waals surface area (Å²) in [7, 11) is 0. The Hall–Kier alpha value is -0.290. The Balaban J connectivity index is 3.54. The van der Waals surface area contributed by atoms with Crippen molar-refractivity contribution in [1.82, 2.24) is 10.2 Å². The van der Waals surface area contributed by atoms with E-state index in [0.717, 1.165) is 32.5 Å². The first kappa shape index (κ1) is 15.7. The van der Waals surface area contributed by atoms with Crippen LogP contribution in [0.25, 0.3) is 0 Å². The van der Waals surface area contributed by atoms with Gasteiger partial charge in [0.2, 0.25) is 0 Å². The molecule has 0 fully saturated rings. The fraction of sp³-hybridized carbons (Fsp3) is 1.00. The van der Waals surface area contributed by atoms with Crippen LogP contribution in [0.15, 0.2) is 0 Å². The molecule has 0 aromatic rings. The van der Waals surface area contributed by atoms with Gasteiger partial charge in [0.25, 0.3) is 0 Å². The fourth-order valence-corrected chi connectivity index (χ4v) is 1.55. The van der Waals surface area contributed by atoms with Crippen molar-refractivity contribution in [2.45, 2.75) is 45.8 Å². The van der Waals surface area contributed by atoms with Crippen LogP contribution in [0, 0.1) is 0 Å². The third kappa shape index (κ3) is 8.97. The molecule has 0 saturated heterocycles. The topological polar surface area (TPSA) is 15.3 Å². The molecule has 0 radical (unpaired) electrons. The summed E-state index contributed by atoms with van der Waals surface area (Å²) in [5, 5.41) is 2.49. The lowest BCUT2D eigenvalue weighted by Gasteiger charge is -2.20. The van der Waals surface area contributed by atoms with Crippen LogP contribution < -0.4 is 5.32 Å². The lowest BCUT2D eigenvalue weighted by Crippen LogP contribution is -2.36. The average Bonchev–Trinajstić information content (AvgIpc) is 2.20. The van der Waals surface area contributed by atoms with Crippen molar-refractivity contribution in [3.8, 4) is 0 Å². The Bertz CT molecular complexity index is 167. The van der Waals surface area contributed by atoms with Gasteiger partial charge in [0.05, 0.1) is 6.54 Å². The number of rotatable bonds is 8. The Kier molecular flexibility index (Phi) is 7.76. The molecule has 1 N–H and O–H groups in total. The highest BCUT2D eigenvalue weighted by Crippen LogP contribution is 2.13. The van der Waals surface area contributed by atoms with Gasteiger partial charge in [0, 0.05) is 6.04 Å². The second-order valence-corrected chi connectivity index (χ2v) is 4.07. The van der Waals surface area contributed by atoms with Gasteiger partial charge in [0.15, 0.2) is 0 Å². The predicted octanol–water partition coefficient (Wildman–Crippen LogP) is 2.65. The molecule has 0 aromatic carbocycles. The summed E-state index contributed by atoms with van der Waals surface area (Å²) in [5.41, 5.74) is 0. The molecule has 0 aromatic heterocycles. The second-order valence-electron chi connectivity index (χ2n) is 4.07. The highest BCUT2D eigenvalue weighted by atomic mass is 19.4. The van der Waals surface area contributed by atoms with Crippen LogP contribution in [0.5, 0.6) is 0 Å². The molecular formula is C11H23F3N2. The highest BCUT2D eigenvalue weighted by Gasteiger charge is 2.27. The summed E-state index contributed by atoms with van der Waals surface area (Å²) < 4.78 is 35.7. The smallest absolute Gasteiger partial charge is 0.306 e. The van der Waals surface area contributed by atoms with E-state index >= 15 is 0 Å². The van der Waals surface area contributed by atoms with E-state index in [1.54, 1.807) is 6.92 Å². The molecule has 0 aliphatic heterocycles. The molecule has 0 amide bonds. The van der Waals surface area contributed by atoms with E-state index in [4.69, 9.17) is 0 Å². The summed E-state index contributed by atoms with van der Waals surface area (Å²) in [4.78, 5) is 2.27. The van der Waals surface area contributed by atoms with Crippen molar-refractivity contribution in [1.29, 1.82) is 0 Å². The third-order valence-electron chi connectivity index (χ3n) is 2.66. The lowest BCUT2D eigenvalue weighted by atomic mass is 10.1. The molecule has 0 aliphatic rings. The Morgan fingerprint density at radius 2 is 1.75 bits per heavy atom. The van der Waals surface area contributed by atoms with Crippen molar-refractivity contribution >= 4 is 0 Å². The summed E-state index contributed by atoms with van der Waals surface area (Å²) in [6.45, 7) is 8.06. The van der Waals surface area contributed by atoms with Gasteiger partial charge in [-0.2, -0.15) is 13.2 Å². The van der Waals surface area contributed by atoms with Crippen molar-refractivity contribution in [3.05, 3.63) is 0 Å². The molecule has 0 aliphatic carbocycles.